The molecule has 0 aliphatic carbocycles. The van der Waals surface area contributed by atoms with Gasteiger partial charge in [-0.05, 0) is 48.1 Å². The van der Waals surface area contributed by atoms with Crippen molar-refractivity contribution in [3.8, 4) is 0 Å². The highest BCUT2D eigenvalue weighted by Gasteiger charge is 2.25. The van der Waals surface area contributed by atoms with Crippen molar-refractivity contribution < 1.29 is 4.79 Å². The Morgan fingerprint density at radius 2 is 1.76 bits per heavy atom. The van der Waals surface area contributed by atoms with E-state index in [4.69, 9.17) is 0 Å². The number of rotatable bonds is 4. The summed E-state index contributed by atoms with van der Waals surface area (Å²) < 4.78 is 0. The number of anilines is 1. The maximum atomic E-state index is 12.5. The Labute approximate surface area is 151 Å². The highest BCUT2D eigenvalue weighted by molar-refractivity contribution is 5.94. The molecule has 3 heteroatoms. The lowest BCUT2D eigenvalue weighted by Crippen LogP contribution is -2.40. The summed E-state index contributed by atoms with van der Waals surface area (Å²) in [5.41, 5.74) is 3.33. The predicted molar refractivity (Wildman–Crippen MR) is 104 cm³/mol. The number of nitrogens with zero attached hydrogens (tertiary/aromatic N) is 1. The van der Waals surface area contributed by atoms with Crippen LogP contribution >= 0.6 is 0 Å². The number of carbonyl (C=O) groups is 1. The van der Waals surface area contributed by atoms with Crippen molar-refractivity contribution in [3.63, 3.8) is 0 Å². The third-order valence-electron chi connectivity index (χ3n) is 4.98. The normalized spacial score (nSPS) is 17.6. The molecule has 0 saturated carbocycles. The van der Waals surface area contributed by atoms with E-state index in [1.54, 1.807) is 0 Å². The fourth-order valence-electron chi connectivity index (χ4n) is 3.44. The molecule has 1 saturated heterocycles. The van der Waals surface area contributed by atoms with Crippen molar-refractivity contribution >= 4 is 11.6 Å². The molecule has 2 aromatic rings. The Hall–Kier alpha value is -2.29. The van der Waals surface area contributed by atoms with Gasteiger partial charge in [0.15, 0.2) is 0 Å². The molecule has 1 amide bonds. The summed E-state index contributed by atoms with van der Waals surface area (Å²) in [6.45, 7) is 8.29. The number of benzene rings is 2. The predicted octanol–water partition coefficient (Wildman–Crippen LogP) is 4.38. The summed E-state index contributed by atoms with van der Waals surface area (Å²) in [5.74, 6) is 0.0142. The molecule has 1 aliphatic heterocycles. The number of para-hydroxylation sites is 1. The highest BCUT2D eigenvalue weighted by Crippen LogP contribution is 2.25. The molecule has 1 N–H and O–H groups in total. The van der Waals surface area contributed by atoms with Gasteiger partial charge in [-0.2, -0.15) is 0 Å². The van der Waals surface area contributed by atoms with Crippen LogP contribution in [0.4, 0.5) is 5.69 Å². The van der Waals surface area contributed by atoms with Gasteiger partial charge >= 0.3 is 0 Å². The van der Waals surface area contributed by atoms with E-state index >= 15 is 0 Å². The summed E-state index contributed by atoms with van der Waals surface area (Å²) in [4.78, 5) is 14.9. The van der Waals surface area contributed by atoms with E-state index in [9.17, 15) is 4.79 Å². The van der Waals surface area contributed by atoms with Gasteiger partial charge in [0, 0.05) is 30.4 Å². The first-order valence-corrected chi connectivity index (χ1v) is 9.15. The summed E-state index contributed by atoms with van der Waals surface area (Å²) in [6.07, 6.45) is 2.30. The maximum absolute atomic E-state index is 12.5. The standard InChI is InChI=1S/C22H28N2O/c1-22(2,3)18-13-11-17(12-14-18)21(25)23-16-20-10-7-15-24(20)19-8-5-4-6-9-19/h4-6,8-9,11-14,20H,7,10,15-16H2,1-3H3,(H,23,25). The van der Waals surface area contributed by atoms with Crippen molar-refractivity contribution in [1.82, 2.24) is 5.32 Å². The smallest absolute Gasteiger partial charge is 0.251 e. The Morgan fingerprint density at radius 3 is 2.40 bits per heavy atom. The summed E-state index contributed by atoms with van der Waals surface area (Å²) >= 11 is 0. The van der Waals surface area contributed by atoms with E-state index in [2.05, 4.69) is 67.4 Å². The zero-order valence-electron chi connectivity index (χ0n) is 15.5. The van der Waals surface area contributed by atoms with Crippen LogP contribution in [0.5, 0.6) is 0 Å². The molecule has 1 heterocycles. The third-order valence-corrected chi connectivity index (χ3v) is 4.98. The molecule has 3 rings (SSSR count). The molecule has 0 radical (unpaired) electrons. The molecular weight excluding hydrogens is 308 g/mol. The van der Waals surface area contributed by atoms with Gasteiger partial charge in [-0.3, -0.25) is 4.79 Å². The Bertz CT molecular complexity index is 701. The third kappa shape index (κ3) is 4.22. The molecule has 1 atom stereocenters. The average Bonchev–Trinajstić information content (AvgIpc) is 3.08. The van der Waals surface area contributed by atoms with Gasteiger partial charge in [0.1, 0.15) is 0 Å². The van der Waals surface area contributed by atoms with E-state index in [0.29, 0.717) is 12.6 Å². The van der Waals surface area contributed by atoms with Crippen LogP contribution in [0.3, 0.4) is 0 Å². The van der Waals surface area contributed by atoms with Crippen LogP contribution in [0.25, 0.3) is 0 Å². The minimum Gasteiger partial charge on any atom is -0.367 e. The molecule has 0 aromatic heterocycles. The van der Waals surface area contributed by atoms with Crippen molar-refractivity contribution in [1.29, 1.82) is 0 Å². The van der Waals surface area contributed by atoms with Crippen LogP contribution in [0, 0.1) is 0 Å². The summed E-state index contributed by atoms with van der Waals surface area (Å²) in [6, 6.07) is 18.8. The van der Waals surface area contributed by atoms with Crippen molar-refractivity contribution in [2.45, 2.75) is 45.1 Å². The van der Waals surface area contributed by atoms with Gasteiger partial charge in [-0.25, -0.2) is 0 Å². The topological polar surface area (TPSA) is 32.3 Å². The molecule has 1 fully saturated rings. The summed E-state index contributed by atoms with van der Waals surface area (Å²) in [7, 11) is 0. The van der Waals surface area contributed by atoms with Crippen LogP contribution in [-0.2, 0) is 5.41 Å². The Morgan fingerprint density at radius 1 is 1.08 bits per heavy atom. The molecule has 25 heavy (non-hydrogen) atoms. The van der Waals surface area contributed by atoms with Crippen LogP contribution < -0.4 is 10.2 Å². The number of carbonyl (C=O) groups excluding carboxylic acids is 1. The fourth-order valence-corrected chi connectivity index (χ4v) is 3.44. The first kappa shape index (κ1) is 17.5. The van der Waals surface area contributed by atoms with E-state index < -0.39 is 0 Å². The number of nitrogens with one attached hydrogen (secondary N) is 1. The zero-order valence-corrected chi connectivity index (χ0v) is 15.5. The summed E-state index contributed by atoms with van der Waals surface area (Å²) in [5, 5.41) is 3.12. The second-order valence-corrected chi connectivity index (χ2v) is 7.86. The highest BCUT2D eigenvalue weighted by atomic mass is 16.1. The van der Waals surface area contributed by atoms with E-state index in [1.165, 1.54) is 17.7 Å². The minimum atomic E-state index is 0.0142. The molecule has 0 spiro atoms. The molecular formula is C22H28N2O. The fraction of sp³-hybridized carbons (Fsp3) is 0.409. The van der Waals surface area contributed by atoms with Gasteiger partial charge in [0.2, 0.25) is 0 Å². The minimum absolute atomic E-state index is 0.0142. The first-order chi connectivity index (χ1) is 11.9. The number of hydrogen-bond donors (Lipinski definition) is 1. The number of amides is 1. The molecule has 132 valence electrons. The lowest BCUT2D eigenvalue weighted by molar-refractivity contribution is 0.0951. The number of hydrogen-bond acceptors (Lipinski definition) is 2. The van der Waals surface area contributed by atoms with Crippen LogP contribution in [0.1, 0.15) is 49.5 Å². The second kappa shape index (κ2) is 7.30. The zero-order chi connectivity index (χ0) is 17.9. The Balaban J connectivity index is 1.60. The average molecular weight is 336 g/mol. The van der Waals surface area contributed by atoms with Crippen molar-refractivity contribution in [3.05, 3.63) is 65.7 Å². The molecule has 2 aromatic carbocycles. The maximum Gasteiger partial charge on any atom is 0.251 e. The van der Waals surface area contributed by atoms with Crippen molar-refractivity contribution in [2.24, 2.45) is 0 Å². The van der Waals surface area contributed by atoms with Gasteiger partial charge in [0.05, 0.1) is 0 Å². The van der Waals surface area contributed by atoms with Crippen LogP contribution in [0.2, 0.25) is 0 Å². The molecule has 0 bridgehead atoms. The quantitative estimate of drug-likeness (QED) is 0.898. The van der Waals surface area contributed by atoms with Gasteiger partial charge in [-0.1, -0.05) is 51.1 Å². The lowest BCUT2D eigenvalue weighted by atomic mass is 9.87. The van der Waals surface area contributed by atoms with Crippen molar-refractivity contribution in [2.75, 3.05) is 18.0 Å². The van der Waals surface area contributed by atoms with Gasteiger partial charge in [0.25, 0.3) is 5.91 Å². The monoisotopic (exact) mass is 336 g/mol. The van der Waals surface area contributed by atoms with E-state index in [-0.39, 0.29) is 11.3 Å². The molecule has 3 nitrogen and oxygen atoms in total. The van der Waals surface area contributed by atoms with Gasteiger partial charge in [-0.15, -0.1) is 0 Å². The molecule has 1 unspecified atom stereocenters. The SMILES string of the molecule is CC(C)(C)c1ccc(C(=O)NCC2CCCN2c2ccccc2)cc1. The Kier molecular flexibility index (Phi) is 5.12. The molecule has 1 aliphatic rings. The van der Waals surface area contributed by atoms with E-state index in [0.717, 1.165) is 18.5 Å². The lowest BCUT2D eigenvalue weighted by Gasteiger charge is -2.27. The van der Waals surface area contributed by atoms with Crippen LogP contribution in [0.15, 0.2) is 54.6 Å². The van der Waals surface area contributed by atoms with E-state index in [1.807, 2.05) is 18.2 Å². The first-order valence-electron chi connectivity index (χ1n) is 9.15. The van der Waals surface area contributed by atoms with Gasteiger partial charge < -0.3 is 10.2 Å². The van der Waals surface area contributed by atoms with Crippen LogP contribution in [-0.4, -0.2) is 25.0 Å². The largest absolute Gasteiger partial charge is 0.367 e. The second-order valence-electron chi connectivity index (χ2n) is 7.86.